The van der Waals surface area contributed by atoms with Crippen LogP contribution < -0.4 is 5.32 Å². The Labute approximate surface area is 199 Å². The highest BCUT2D eigenvalue weighted by Gasteiger charge is 2.20. The molecule has 0 unspecified atom stereocenters. The molecule has 33 heavy (non-hydrogen) atoms. The normalized spacial score (nSPS) is 15.4. The largest absolute Gasteiger partial charge is 0.324 e. The summed E-state index contributed by atoms with van der Waals surface area (Å²) < 4.78 is 0. The molecule has 178 valence electrons. The van der Waals surface area contributed by atoms with Gasteiger partial charge >= 0.3 is 0 Å². The summed E-state index contributed by atoms with van der Waals surface area (Å²) >= 11 is 0. The van der Waals surface area contributed by atoms with Crippen molar-refractivity contribution in [3.8, 4) is 0 Å². The van der Waals surface area contributed by atoms with Crippen LogP contribution in [0.2, 0.25) is 0 Å². The van der Waals surface area contributed by atoms with Crippen LogP contribution in [0.25, 0.3) is 0 Å². The van der Waals surface area contributed by atoms with E-state index < -0.39 is 0 Å². The summed E-state index contributed by atoms with van der Waals surface area (Å²) in [6.45, 7) is 15.6. The molecular weight excluding hydrogens is 410 g/mol. The van der Waals surface area contributed by atoms with Gasteiger partial charge in [-0.05, 0) is 48.9 Å². The summed E-state index contributed by atoms with van der Waals surface area (Å²) in [6, 6.07) is 14.1. The lowest BCUT2D eigenvalue weighted by Gasteiger charge is -2.34. The van der Waals surface area contributed by atoms with E-state index in [2.05, 4.69) is 48.0 Å². The fraction of sp³-hybridized carbons (Fsp3) is 0.500. The van der Waals surface area contributed by atoms with Crippen molar-refractivity contribution in [2.75, 3.05) is 44.6 Å². The SMILES string of the molecule is Cc1cccc(C)c1NC(=O)CN1CCN(CCCC(=O)c2ccc(C(C)(C)C)cc2)CC1. The molecule has 5 nitrogen and oxygen atoms in total. The predicted octanol–water partition coefficient (Wildman–Crippen LogP) is 4.82. The Morgan fingerprint density at radius 3 is 2.03 bits per heavy atom. The van der Waals surface area contributed by atoms with Gasteiger partial charge in [-0.3, -0.25) is 14.5 Å². The zero-order chi connectivity index (χ0) is 24.0. The number of amides is 1. The highest BCUT2D eigenvalue weighted by atomic mass is 16.2. The molecule has 1 heterocycles. The van der Waals surface area contributed by atoms with Crippen molar-refractivity contribution in [2.24, 2.45) is 0 Å². The second-order valence-electron chi connectivity index (χ2n) is 10.3. The first-order chi connectivity index (χ1) is 15.6. The second kappa shape index (κ2) is 11.1. The van der Waals surface area contributed by atoms with Crippen LogP contribution in [0, 0.1) is 13.8 Å². The number of carbonyl (C=O) groups is 2. The van der Waals surface area contributed by atoms with Gasteiger partial charge in [0.05, 0.1) is 6.54 Å². The lowest BCUT2D eigenvalue weighted by molar-refractivity contribution is -0.117. The van der Waals surface area contributed by atoms with Crippen LogP contribution in [0.1, 0.15) is 60.7 Å². The lowest BCUT2D eigenvalue weighted by atomic mass is 9.86. The molecule has 1 fully saturated rings. The summed E-state index contributed by atoms with van der Waals surface area (Å²) in [4.78, 5) is 29.7. The van der Waals surface area contributed by atoms with E-state index in [0.717, 1.165) is 61.5 Å². The van der Waals surface area contributed by atoms with Crippen molar-refractivity contribution in [1.82, 2.24) is 9.80 Å². The third-order valence-corrected chi connectivity index (χ3v) is 6.53. The van der Waals surface area contributed by atoms with Crippen LogP contribution >= 0.6 is 0 Å². The van der Waals surface area contributed by atoms with Crippen molar-refractivity contribution in [2.45, 2.75) is 52.9 Å². The molecule has 0 atom stereocenters. The molecular formula is C28H39N3O2. The zero-order valence-electron chi connectivity index (χ0n) is 20.9. The van der Waals surface area contributed by atoms with E-state index in [1.54, 1.807) is 0 Å². The number of piperazine rings is 1. The van der Waals surface area contributed by atoms with Gasteiger partial charge in [-0.25, -0.2) is 0 Å². The number of carbonyl (C=O) groups excluding carboxylic acids is 2. The van der Waals surface area contributed by atoms with Crippen LogP contribution in [0.15, 0.2) is 42.5 Å². The Kier molecular flexibility index (Phi) is 8.44. The molecule has 0 bridgehead atoms. The smallest absolute Gasteiger partial charge is 0.238 e. The number of nitrogens with one attached hydrogen (secondary N) is 1. The molecule has 0 aliphatic carbocycles. The summed E-state index contributed by atoms with van der Waals surface area (Å²) in [7, 11) is 0. The fourth-order valence-electron chi connectivity index (χ4n) is 4.33. The topological polar surface area (TPSA) is 52.7 Å². The number of anilines is 1. The number of hydrogen-bond acceptors (Lipinski definition) is 4. The molecule has 1 saturated heterocycles. The third kappa shape index (κ3) is 7.24. The van der Waals surface area contributed by atoms with Crippen LogP contribution in [0.3, 0.4) is 0 Å². The number of ketones is 1. The lowest BCUT2D eigenvalue weighted by Crippen LogP contribution is -2.48. The Bertz CT molecular complexity index is 932. The van der Waals surface area contributed by atoms with Gasteiger partial charge in [0.1, 0.15) is 0 Å². The molecule has 0 saturated carbocycles. The van der Waals surface area contributed by atoms with E-state index in [-0.39, 0.29) is 17.1 Å². The maximum atomic E-state index is 12.5. The molecule has 1 aliphatic rings. The van der Waals surface area contributed by atoms with Crippen molar-refractivity contribution in [3.05, 3.63) is 64.7 Å². The van der Waals surface area contributed by atoms with Crippen LogP contribution in [-0.2, 0) is 10.2 Å². The molecule has 2 aromatic carbocycles. The Hall–Kier alpha value is -2.50. The van der Waals surface area contributed by atoms with E-state index in [1.807, 2.05) is 44.2 Å². The number of para-hydroxylation sites is 1. The van der Waals surface area contributed by atoms with E-state index in [1.165, 1.54) is 5.56 Å². The molecule has 3 rings (SSSR count). The van der Waals surface area contributed by atoms with Crippen LogP contribution in [0.4, 0.5) is 5.69 Å². The van der Waals surface area contributed by atoms with Crippen molar-refractivity contribution in [1.29, 1.82) is 0 Å². The minimum absolute atomic E-state index is 0.0453. The first-order valence-corrected chi connectivity index (χ1v) is 12.1. The molecule has 2 aromatic rings. The molecule has 0 spiro atoms. The van der Waals surface area contributed by atoms with E-state index in [0.29, 0.717) is 13.0 Å². The fourth-order valence-corrected chi connectivity index (χ4v) is 4.33. The number of nitrogens with zero attached hydrogens (tertiary/aromatic N) is 2. The average Bonchev–Trinajstić information content (AvgIpc) is 2.77. The maximum Gasteiger partial charge on any atom is 0.238 e. The number of rotatable bonds is 8. The highest BCUT2D eigenvalue weighted by Crippen LogP contribution is 2.23. The second-order valence-corrected chi connectivity index (χ2v) is 10.3. The molecule has 0 radical (unpaired) electrons. The minimum atomic E-state index is 0.0453. The Morgan fingerprint density at radius 2 is 1.45 bits per heavy atom. The van der Waals surface area contributed by atoms with Gasteiger partial charge in [0, 0.05) is 43.9 Å². The molecule has 5 heteroatoms. The van der Waals surface area contributed by atoms with Crippen molar-refractivity contribution in [3.63, 3.8) is 0 Å². The summed E-state index contributed by atoms with van der Waals surface area (Å²) in [5, 5.41) is 3.08. The van der Waals surface area contributed by atoms with Crippen LogP contribution in [0.5, 0.6) is 0 Å². The summed E-state index contributed by atoms with van der Waals surface area (Å²) in [6.07, 6.45) is 1.44. The number of Topliss-reactive ketones (excluding diaryl/α,β-unsaturated/α-hetero) is 1. The van der Waals surface area contributed by atoms with Gasteiger partial charge in [0.25, 0.3) is 0 Å². The zero-order valence-corrected chi connectivity index (χ0v) is 20.9. The van der Waals surface area contributed by atoms with Gasteiger partial charge < -0.3 is 10.2 Å². The molecule has 1 N–H and O–H groups in total. The molecule has 1 aliphatic heterocycles. The monoisotopic (exact) mass is 449 g/mol. The maximum absolute atomic E-state index is 12.5. The average molecular weight is 450 g/mol. The molecule has 1 amide bonds. The predicted molar refractivity (Wildman–Crippen MR) is 136 cm³/mol. The number of benzene rings is 2. The summed E-state index contributed by atoms with van der Waals surface area (Å²) in [5.74, 6) is 0.265. The van der Waals surface area contributed by atoms with Crippen molar-refractivity contribution < 1.29 is 9.59 Å². The Morgan fingerprint density at radius 1 is 0.879 bits per heavy atom. The standard InChI is InChI=1S/C28H39N3O2/c1-21-8-6-9-22(2)27(21)29-26(33)20-31-18-16-30(17-19-31)15-7-10-25(32)23-11-13-24(14-12-23)28(3,4)5/h6,8-9,11-14H,7,10,15-20H2,1-5H3,(H,29,33). The third-order valence-electron chi connectivity index (χ3n) is 6.53. The van der Waals surface area contributed by atoms with Gasteiger partial charge in [0.15, 0.2) is 5.78 Å². The van der Waals surface area contributed by atoms with E-state index in [9.17, 15) is 9.59 Å². The Balaban J connectivity index is 1.36. The van der Waals surface area contributed by atoms with Gasteiger partial charge in [-0.1, -0.05) is 63.2 Å². The first kappa shape index (κ1) is 25.1. The van der Waals surface area contributed by atoms with Crippen LogP contribution in [-0.4, -0.2) is 60.8 Å². The highest BCUT2D eigenvalue weighted by molar-refractivity contribution is 5.96. The van der Waals surface area contributed by atoms with Gasteiger partial charge in [-0.2, -0.15) is 0 Å². The first-order valence-electron chi connectivity index (χ1n) is 12.1. The van der Waals surface area contributed by atoms with Gasteiger partial charge in [-0.15, -0.1) is 0 Å². The van der Waals surface area contributed by atoms with Gasteiger partial charge in [0.2, 0.25) is 5.91 Å². The van der Waals surface area contributed by atoms with E-state index in [4.69, 9.17) is 0 Å². The van der Waals surface area contributed by atoms with E-state index >= 15 is 0 Å². The quantitative estimate of drug-likeness (QED) is 0.587. The number of hydrogen-bond donors (Lipinski definition) is 1. The summed E-state index contributed by atoms with van der Waals surface area (Å²) in [5.41, 5.74) is 5.27. The number of aryl methyl sites for hydroxylation is 2. The minimum Gasteiger partial charge on any atom is -0.324 e. The molecule has 0 aromatic heterocycles. The van der Waals surface area contributed by atoms with Crippen molar-refractivity contribution >= 4 is 17.4 Å².